The molecule has 2 aromatic carbocycles. The summed E-state index contributed by atoms with van der Waals surface area (Å²) < 4.78 is 10.4. The molecule has 0 saturated heterocycles. The Morgan fingerprint density at radius 3 is 2.71 bits per heavy atom. The van der Waals surface area contributed by atoms with E-state index in [1.54, 1.807) is 50.6 Å². The Bertz CT molecular complexity index is 1100. The Morgan fingerprint density at radius 1 is 1.23 bits per heavy atom. The van der Waals surface area contributed by atoms with Gasteiger partial charge in [-0.25, -0.2) is 0 Å². The zero-order valence-electron chi connectivity index (χ0n) is 17.3. The van der Waals surface area contributed by atoms with E-state index >= 15 is 0 Å². The monoisotopic (exact) mass is 418 g/mol. The second-order valence-electron chi connectivity index (χ2n) is 6.76. The number of nitrogens with zero attached hydrogens (tertiary/aromatic N) is 3. The van der Waals surface area contributed by atoms with Gasteiger partial charge in [-0.1, -0.05) is 17.1 Å². The molecule has 0 aliphatic rings. The number of likely N-dealkylation sites (N-methyl/N-ethyl adjacent to an activating group) is 1. The minimum atomic E-state index is -0.315. The number of aromatic nitrogens is 2. The Labute approximate surface area is 180 Å². The summed E-state index contributed by atoms with van der Waals surface area (Å²) in [7, 11) is 3.16. The third-order valence-corrected chi connectivity index (χ3v) is 4.49. The fraction of sp³-hybridized carbons (Fsp3) is 0.217. The number of amides is 2. The van der Waals surface area contributed by atoms with E-state index in [2.05, 4.69) is 21.4 Å². The molecule has 2 amide bonds. The van der Waals surface area contributed by atoms with Gasteiger partial charge < -0.3 is 19.5 Å². The van der Waals surface area contributed by atoms with Gasteiger partial charge in [-0.2, -0.15) is 4.98 Å². The summed E-state index contributed by atoms with van der Waals surface area (Å²) in [5, 5.41) is 6.67. The Kier molecular flexibility index (Phi) is 7.01. The molecule has 0 saturated carbocycles. The smallest absolute Gasteiger partial charge is 0.243 e. The summed E-state index contributed by atoms with van der Waals surface area (Å²) in [6.07, 6.45) is 5.78. The van der Waals surface area contributed by atoms with E-state index in [1.807, 2.05) is 12.1 Å². The predicted octanol–water partition coefficient (Wildman–Crippen LogP) is 2.76. The molecule has 0 unspecified atom stereocenters. The second kappa shape index (κ2) is 10.1. The zero-order chi connectivity index (χ0) is 22.2. The summed E-state index contributed by atoms with van der Waals surface area (Å²) >= 11 is 0. The van der Waals surface area contributed by atoms with Crippen molar-refractivity contribution in [2.24, 2.45) is 0 Å². The first-order valence-corrected chi connectivity index (χ1v) is 9.56. The zero-order valence-corrected chi connectivity index (χ0v) is 17.3. The fourth-order valence-corrected chi connectivity index (χ4v) is 2.81. The van der Waals surface area contributed by atoms with Crippen LogP contribution in [0.15, 0.2) is 53.1 Å². The van der Waals surface area contributed by atoms with Crippen molar-refractivity contribution in [1.29, 1.82) is 0 Å². The van der Waals surface area contributed by atoms with Gasteiger partial charge in [0.15, 0.2) is 0 Å². The molecule has 1 N–H and O–H groups in total. The number of hydrogen-bond acceptors (Lipinski definition) is 6. The maximum Gasteiger partial charge on any atom is 0.243 e. The molecule has 1 aromatic heterocycles. The number of nitrogens with one attached hydrogen (secondary N) is 1. The van der Waals surface area contributed by atoms with E-state index in [1.165, 1.54) is 4.90 Å². The summed E-state index contributed by atoms with van der Waals surface area (Å²) in [5.74, 6) is 3.50. The van der Waals surface area contributed by atoms with Gasteiger partial charge in [-0.15, -0.1) is 6.42 Å². The molecule has 0 spiro atoms. The molecular formula is C23H22N4O4. The van der Waals surface area contributed by atoms with Gasteiger partial charge in [-0.05, 0) is 42.5 Å². The minimum absolute atomic E-state index is 0.0833. The van der Waals surface area contributed by atoms with Crippen molar-refractivity contribution in [3.63, 3.8) is 0 Å². The van der Waals surface area contributed by atoms with Gasteiger partial charge in [0, 0.05) is 36.7 Å². The van der Waals surface area contributed by atoms with Crippen LogP contribution >= 0.6 is 0 Å². The average Bonchev–Trinajstić information content (AvgIpc) is 3.26. The highest BCUT2D eigenvalue weighted by Gasteiger charge is 2.16. The number of aryl methyl sites for hydroxylation is 1. The topological polar surface area (TPSA) is 97.6 Å². The van der Waals surface area contributed by atoms with Crippen molar-refractivity contribution in [2.75, 3.05) is 26.0 Å². The maximum atomic E-state index is 12.4. The van der Waals surface area contributed by atoms with Crippen molar-refractivity contribution in [2.45, 2.75) is 12.8 Å². The lowest BCUT2D eigenvalue weighted by atomic mass is 10.2. The lowest BCUT2D eigenvalue weighted by Crippen LogP contribution is -2.35. The molecule has 8 heteroatoms. The van der Waals surface area contributed by atoms with Crippen molar-refractivity contribution >= 4 is 17.5 Å². The van der Waals surface area contributed by atoms with Crippen molar-refractivity contribution in [3.05, 3.63) is 60.0 Å². The van der Waals surface area contributed by atoms with Crippen LogP contribution < -0.4 is 10.1 Å². The van der Waals surface area contributed by atoms with Gasteiger partial charge in [0.2, 0.25) is 23.5 Å². The van der Waals surface area contributed by atoms with Gasteiger partial charge in [0.1, 0.15) is 5.75 Å². The third kappa shape index (κ3) is 5.93. The van der Waals surface area contributed by atoms with Crippen LogP contribution in [0.2, 0.25) is 0 Å². The molecule has 0 aliphatic carbocycles. The van der Waals surface area contributed by atoms with Gasteiger partial charge in [0.05, 0.1) is 13.7 Å². The van der Waals surface area contributed by atoms with E-state index in [-0.39, 0.29) is 31.2 Å². The van der Waals surface area contributed by atoms with E-state index < -0.39 is 0 Å². The van der Waals surface area contributed by atoms with Crippen molar-refractivity contribution in [3.8, 4) is 29.5 Å². The largest absolute Gasteiger partial charge is 0.497 e. The molecule has 0 aliphatic heterocycles. The first-order chi connectivity index (χ1) is 15.0. The van der Waals surface area contributed by atoms with E-state index in [0.717, 1.165) is 11.3 Å². The standard InChI is InChI=1S/C23H22N4O4/c1-4-16-6-5-7-18(14-16)24-20(28)15-27(2)22(29)13-12-21-25-23(26-31-21)17-8-10-19(30-3)11-9-17/h1,5-11,14H,12-13,15H2,2-3H3,(H,24,28). The van der Waals surface area contributed by atoms with Crippen LogP contribution in [-0.4, -0.2) is 47.6 Å². The molecule has 8 nitrogen and oxygen atoms in total. The van der Waals surface area contributed by atoms with Gasteiger partial charge in [0.25, 0.3) is 0 Å². The Morgan fingerprint density at radius 2 is 2.00 bits per heavy atom. The number of rotatable bonds is 8. The highest BCUT2D eigenvalue weighted by molar-refractivity contribution is 5.94. The Balaban J connectivity index is 1.49. The second-order valence-corrected chi connectivity index (χ2v) is 6.76. The number of terminal acetylenes is 1. The van der Waals surface area contributed by atoms with Crippen molar-refractivity contribution in [1.82, 2.24) is 15.0 Å². The lowest BCUT2D eigenvalue weighted by Gasteiger charge is -2.16. The van der Waals surface area contributed by atoms with Crippen LogP contribution in [0.5, 0.6) is 5.75 Å². The number of carbonyl (C=O) groups is 2. The molecule has 3 rings (SSSR count). The van der Waals surface area contributed by atoms with Gasteiger partial charge >= 0.3 is 0 Å². The Hall–Kier alpha value is -4.12. The van der Waals surface area contributed by atoms with Crippen LogP contribution in [0.1, 0.15) is 17.9 Å². The molecule has 0 bridgehead atoms. The molecule has 0 radical (unpaired) electrons. The van der Waals surface area contributed by atoms with Crippen LogP contribution in [-0.2, 0) is 16.0 Å². The number of anilines is 1. The quantitative estimate of drug-likeness (QED) is 0.565. The van der Waals surface area contributed by atoms with Crippen LogP contribution in [0.3, 0.4) is 0 Å². The molecule has 0 fully saturated rings. The highest BCUT2D eigenvalue weighted by atomic mass is 16.5. The predicted molar refractivity (Wildman–Crippen MR) is 115 cm³/mol. The normalized spacial score (nSPS) is 10.2. The molecule has 3 aromatic rings. The highest BCUT2D eigenvalue weighted by Crippen LogP contribution is 2.20. The maximum absolute atomic E-state index is 12.4. The first kappa shape index (κ1) is 21.6. The lowest BCUT2D eigenvalue weighted by molar-refractivity contribution is -0.133. The van der Waals surface area contributed by atoms with E-state index in [4.69, 9.17) is 15.7 Å². The summed E-state index contributed by atoms with van der Waals surface area (Å²) in [4.78, 5) is 30.2. The summed E-state index contributed by atoms with van der Waals surface area (Å²) in [5.41, 5.74) is 2.03. The molecule has 1 heterocycles. The molecule has 158 valence electrons. The van der Waals surface area contributed by atoms with E-state index in [0.29, 0.717) is 23.0 Å². The molecular weight excluding hydrogens is 396 g/mol. The molecule has 0 atom stereocenters. The number of carbonyl (C=O) groups excluding carboxylic acids is 2. The van der Waals surface area contributed by atoms with Gasteiger partial charge in [-0.3, -0.25) is 9.59 Å². The number of hydrogen-bond donors (Lipinski definition) is 1. The average molecular weight is 418 g/mol. The number of ether oxygens (including phenoxy) is 1. The summed E-state index contributed by atoms with van der Waals surface area (Å²) in [6, 6.07) is 14.2. The van der Waals surface area contributed by atoms with Crippen LogP contribution in [0.4, 0.5) is 5.69 Å². The van der Waals surface area contributed by atoms with E-state index in [9.17, 15) is 9.59 Å². The number of benzene rings is 2. The minimum Gasteiger partial charge on any atom is -0.497 e. The summed E-state index contributed by atoms with van der Waals surface area (Å²) in [6.45, 7) is -0.0833. The van der Waals surface area contributed by atoms with Crippen LogP contribution in [0, 0.1) is 12.3 Å². The first-order valence-electron chi connectivity index (χ1n) is 9.56. The fourth-order valence-electron chi connectivity index (χ4n) is 2.81. The van der Waals surface area contributed by atoms with Crippen molar-refractivity contribution < 1.29 is 18.8 Å². The van der Waals surface area contributed by atoms with Crippen LogP contribution in [0.25, 0.3) is 11.4 Å². The molecule has 31 heavy (non-hydrogen) atoms. The number of methoxy groups -OCH3 is 1. The SMILES string of the molecule is C#Cc1cccc(NC(=O)CN(C)C(=O)CCc2nc(-c3ccc(OC)cc3)no2)c1. The third-order valence-electron chi connectivity index (χ3n) is 4.49.